The van der Waals surface area contributed by atoms with Crippen LogP contribution in [-0.4, -0.2) is 19.4 Å². The second-order valence-electron chi connectivity index (χ2n) is 5.41. The quantitative estimate of drug-likeness (QED) is 0.685. The standard InChI is InChI=1S/C19H18ClNO2S/c1-4-21-17(11-12(2)22)24-16-10-9-15(23-3)18(19(16)21)13-7-5-6-8-14(13)20/h5-11H,4H2,1-3H3/b17-11-. The molecule has 5 heteroatoms. The van der Waals surface area contributed by atoms with E-state index in [1.807, 2.05) is 36.4 Å². The maximum absolute atomic E-state index is 11.6. The smallest absolute Gasteiger partial charge is 0.155 e. The molecule has 0 saturated carbocycles. The van der Waals surface area contributed by atoms with Gasteiger partial charge in [0.25, 0.3) is 0 Å². The van der Waals surface area contributed by atoms with Crippen LogP contribution in [-0.2, 0) is 4.79 Å². The molecule has 0 aromatic heterocycles. The zero-order valence-corrected chi connectivity index (χ0v) is 15.4. The maximum Gasteiger partial charge on any atom is 0.155 e. The number of fused-ring (bicyclic) bond motifs is 1. The van der Waals surface area contributed by atoms with Gasteiger partial charge in [-0.2, -0.15) is 0 Å². The molecule has 1 aliphatic heterocycles. The number of thioether (sulfide) groups is 1. The Balaban J connectivity index is 2.28. The predicted octanol–water partition coefficient (Wildman–Crippen LogP) is 5.38. The minimum Gasteiger partial charge on any atom is -0.496 e. The molecule has 0 atom stereocenters. The highest BCUT2D eigenvalue weighted by molar-refractivity contribution is 8.03. The zero-order chi connectivity index (χ0) is 17.3. The van der Waals surface area contributed by atoms with Crippen molar-refractivity contribution in [3.05, 3.63) is 52.5 Å². The Kier molecular flexibility index (Phi) is 4.88. The molecule has 0 aliphatic carbocycles. The summed E-state index contributed by atoms with van der Waals surface area (Å²) in [7, 11) is 1.66. The lowest BCUT2D eigenvalue weighted by molar-refractivity contribution is -0.112. The minimum absolute atomic E-state index is 0.0371. The van der Waals surface area contributed by atoms with Crippen molar-refractivity contribution < 1.29 is 9.53 Å². The summed E-state index contributed by atoms with van der Waals surface area (Å²) in [5.74, 6) is 0.806. The van der Waals surface area contributed by atoms with Gasteiger partial charge in [0.1, 0.15) is 5.75 Å². The number of carbonyl (C=O) groups is 1. The molecule has 0 unspecified atom stereocenters. The van der Waals surface area contributed by atoms with Gasteiger partial charge in [-0.05, 0) is 32.0 Å². The summed E-state index contributed by atoms with van der Waals surface area (Å²) >= 11 is 8.05. The molecule has 3 nitrogen and oxygen atoms in total. The summed E-state index contributed by atoms with van der Waals surface area (Å²) in [4.78, 5) is 14.8. The molecule has 1 aliphatic rings. The van der Waals surface area contributed by atoms with Gasteiger partial charge < -0.3 is 9.64 Å². The number of methoxy groups -OCH3 is 1. The van der Waals surface area contributed by atoms with E-state index in [1.54, 1.807) is 31.9 Å². The molecular weight excluding hydrogens is 342 g/mol. The van der Waals surface area contributed by atoms with E-state index in [0.29, 0.717) is 5.02 Å². The van der Waals surface area contributed by atoms with Gasteiger partial charge >= 0.3 is 0 Å². The average molecular weight is 360 g/mol. The normalized spacial score (nSPS) is 14.8. The van der Waals surface area contributed by atoms with Crippen molar-refractivity contribution in [2.75, 3.05) is 18.6 Å². The van der Waals surface area contributed by atoms with Gasteiger partial charge in [-0.1, -0.05) is 41.6 Å². The number of carbonyl (C=O) groups excluding carboxylic acids is 1. The van der Waals surface area contributed by atoms with Crippen LogP contribution in [0, 0.1) is 0 Å². The molecule has 124 valence electrons. The average Bonchev–Trinajstić information content (AvgIpc) is 2.90. The number of allylic oxidation sites excluding steroid dienone is 1. The highest BCUT2D eigenvalue weighted by Crippen LogP contribution is 2.54. The van der Waals surface area contributed by atoms with Crippen LogP contribution in [0.1, 0.15) is 13.8 Å². The minimum atomic E-state index is 0.0371. The predicted molar refractivity (Wildman–Crippen MR) is 101 cm³/mol. The number of rotatable bonds is 4. The van der Waals surface area contributed by atoms with Crippen molar-refractivity contribution in [2.24, 2.45) is 0 Å². The summed E-state index contributed by atoms with van der Waals surface area (Å²) in [5, 5.41) is 1.61. The van der Waals surface area contributed by atoms with E-state index < -0.39 is 0 Å². The molecule has 2 aromatic rings. The molecule has 0 N–H and O–H groups in total. The molecule has 0 amide bonds. The van der Waals surface area contributed by atoms with Crippen LogP contribution >= 0.6 is 23.4 Å². The number of halogens is 1. The van der Waals surface area contributed by atoms with Crippen LogP contribution in [0.3, 0.4) is 0 Å². The fourth-order valence-electron chi connectivity index (χ4n) is 2.87. The number of benzene rings is 2. The highest BCUT2D eigenvalue weighted by atomic mass is 35.5. The number of anilines is 1. The van der Waals surface area contributed by atoms with Crippen molar-refractivity contribution in [3.63, 3.8) is 0 Å². The van der Waals surface area contributed by atoms with E-state index in [-0.39, 0.29) is 5.78 Å². The van der Waals surface area contributed by atoms with E-state index in [4.69, 9.17) is 16.3 Å². The maximum atomic E-state index is 11.6. The summed E-state index contributed by atoms with van der Waals surface area (Å²) in [5.41, 5.74) is 2.93. The fourth-order valence-corrected chi connectivity index (χ4v) is 4.33. The van der Waals surface area contributed by atoms with E-state index in [0.717, 1.165) is 39.0 Å². The van der Waals surface area contributed by atoms with Crippen LogP contribution in [0.2, 0.25) is 5.02 Å². The zero-order valence-electron chi connectivity index (χ0n) is 13.8. The Labute approximate surface area is 151 Å². The largest absolute Gasteiger partial charge is 0.496 e. The number of hydrogen-bond acceptors (Lipinski definition) is 4. The molecule has 0 saturated heterocycles. The Morgan fingerprint density at radius 3 is 2.67 bits per heavy atom. The molecule has 24 heavy (non-hydrogen) atoms. The molecular formula is C19H18ClNO2S. The first-order chi connectivity index (χ1) is 11.6. The Hall–Kier alpha value is -1.91. The lowest BCUT2D eigenvalue weighted by atomic mass is 10.0. The fraction of sp³-hybridized carbons (Fsp3) is 0.211. The third-order valence-electron chi connectivity index (χ3n) is 3.86. The summed E-state index contributed by atoms with van der Waals surface area (Å²) in [6.07, 6.45) is 1.68. The molecule has 2 aromatic carbocycles. The van der Waals surface area contributed by atoms with Crippen LogP contribution in [0.4, 0.5) is 5.69 Å². The van der Waals surface area contributed by atoms with Crippen molar-refractivity contribution >= 4 is 34.8 Å². The Bertz CT molecular complexity index is 832. The number of hydrogen-bond donors (Lipinski definition) is 0. The monoisotopic (exact) mass is 359 g/mol. The van der Waals surface area contributed by atoms with Gasteiger partial charge in [-0.25, -0.2) is 0 Å². The first kappa shape index (κ1) is 16.9. The Morgan fingerprint density at radius 1 is 1.29 bits per heavy atom. The van der Waals surface area contributed by atoms with E-state index >= 15 is 0 Å². The van der Waals surface area contributed by atoms with Gasteiger partial charge in [-0.3, -0.25) is 4.79 Å². The van der Waals surface area contributed by atoms with Gasteiger partial charge in [0.05, 0.1) is 23.4 Å². The lowest BCUT2D eigenvalue weighted by Gasteiger charge is -2.23. The first-order valence-electron chi connectivity index (χ1n) is 7.70. The second-order valence-corrected chi connectivity index (χ2v) is 6.88. The van der Waals surface area contributed by atoms with Crippen LogP contribution in [0.25, 0.3) is 11.1 Å². The van der Waals surface area contributed by atoms with Gasteiger partial charge in [0.15, 0.2) is 5.78 Å². The molecule has 0 spiro atoms. The number of ether oxygens (including phenoxy) is 1. The van der Waals surface area contributed by atoms with Crippen LogP contribution < -0.4 is 9.64 Å². The van der Waals surface area contributed by atoms with Gasteiger partial charge in [-0.15, -0.1) is 0 Å². The highest BCUT2D eigenvalue weighted by Gasteiger charge is 2.30. The molecule has 0 radical (unpaired) electrons. The third-order valence-corrected chi connectivity index (χ3v) is 5.29. The van der Waals surface area contributed by atoms with Crippen molar-refractivity contribution in [2.45, 2.75) is 18.7 Å². The van der Waals surface area contributed by atoms with E-state index in [2.05, 4.69) is 11.8 Å². The Morgan fingerprint density at radius 2 is 2.04 bits per heavy atom. The number of ketones is 1. The second kappa shape index (κ2) is 6.91. The molecule has 0 bridgehead atoms. The van der Waals surface area contributed by atoms with E-state index in [1.165, 1.54) is 0 Å². The van der Waals surface area contributed by atoms with Crippen LogP contribution in [0.15, 0.2) is 52.4 Å². The van der Waals surface area contributed by atoms with Crippen LogP contribution in [0.5, 0.6) is 5.75 Å². The SMILES string of the molecule is CCN1/C(=C/C(C)=O)Sc2ccc(OC)c(-c3ccccc3Cl)c21. The summed E-state index contributed by atoms with van der Waals surface area (Å²) < 4.78 is 5.61. The van der Waals surface area contributed by atoms with E-state index in [9.17, 15) is 4.79 Å². The topological polar surface area (TPSA) is 29.5 Å². The number of nitrogens with zero attached hydrogens (tertiary/aromatic N) is 1. The van der Waals surface area contributed by atoms with Crippen molar-refractivity contribution in [1.29, 1.82) is 0 Å². The van der Waals surface area contributed by atoms with Gasteiger partial charge in [0.2, 0.25) is 0 Å². The third kappa shape index (κ3) is 2.92. The van der Waals surface area contributed by atoms with Crippen molar-refractivity contribution in [3.8, 4) is 16.9 Å². The molecule has 1 heterocycles. The van der Waals surface area contributed by atoms with Gasteiger partial charge in [0, 0.05) is 28.1 Å². The lowest BCUT2D eigenvalue weighted by Crippen LogP contribution is -2.18. The summed E-state index contributed by atoms with van der Waals surface area (Å²) in [6.45, 7) is 4.39. The summed E-state index contributed by atoms with van der Waals surface area (Å²) in [6, 6.07) is 11.7. The van der Waals surface area contributed by atoms with Crippen molar-refractivity contribution in [1.82, 2.24) is 0 Å². The first-order valence-corrected chi connectivity index (χ1v) is 8.89. The molecule has 0 fully saturated rings. The molecule has 3 rings (SSSR count).